The molecule has 3 heterocycles. The van der Waals surface area contributed by atoms with Crippen molar-refractivity contribution in [1.29, 1.82) is 0 Å². The molecule has 0 amide bonds. The van der Waals surface area contributed by atoms with Crippen molar-refractivity contribution in [1.82, 2.24) is 15.0 Å². The van der Waals surface area contributed by atoms with Gasteiger partial charge >= 0.3 is 0 Å². The van der Waals surface area contributed by atoms with E-state index in [0.717, 1.165) is 27.6 Å². The van der Waals surface area contributed by atoms with Crippen LogP contribution in [0.15, 0.2) is 30.6 Å². The van der Waals surface area contributed by atoms with Crippen molar-refractivity contribution in [2.24, 2.45) is 0 Å². The number of hydrogen-bond donors (Lipinski definition) is 1. The fourth-order valence-electron chi connectivity index (χ4n) is 2.10. The molecule has 3 aromatic rings. The van der Waals surface area contributed by atoms with Gasteiger partial charge in [-0.2, -0.15) is 0 Å². The molecule has 3 heteroatoms. The van der Waals surface area contributed by atoms with Gasteiger partial charge in [0.1, 0.15) is 0 Å². The fourth-order valence-corrected chi connectivity index (χ4v) is 2.10. The molecule has 0 radical (unpaired) electrons. The molecule has 3 aromatic heterocycles. The van der Waals surface area contributed by atoms with Gasteiger partial charge in [0, 0.05) is 17.8 Å². The number of nitrogens with zero attached hydrogens (tertiary/aromatic N) is 2. The molecule has 0 aliphatic heterocycles. The summed E-state index contributed by atoms with van der Waals surface area (Å²) in [6.45, 7) is 4.31. The van der Waals surface area contributed by atoms with Crippen molar-refractivity contribution >= 4 is 21.9 Å². The number of aromatic amines is 1. The molecule has 1 N–H and O–H groups in total. The van der Waals surface area contributed by atoms with Gasteiger partial charge in [-0.05, 0) is 24.1 Å². The van der Waals surface area contributed by atoms with E-state index in [1.165, 1.54) is 0 Å². The van der Waals surface area contributed by atoms with Crippen molar-refractivity contribution in [3.05, 3.63) is 36.3 Å². The summed E-state index contributed by atoms with van der Waals surface area (Å²) in [5.41, 5.74) is 4.33. The van der Waals surface area contributed by atoms with Crippen molar-refractivity contribution in [2.45, 2.75) is 19.8 Å². The summed E-state index contributed by atoms with van der Waals surface area (Å²) in [5.74, 6) is 0.414. The minimum Gasteiger partial charge on any atom is -0.352 e. The Labute approximate surface area is 93.5 Å². The molecule has 0 saturated carbocycles. The van der Waals surface area contributed by atoms with Crippen LogP contribution in [0.5, 0.6) is 0 Å². The molecule has 0 unspecified atom stereocenters. The van der Waals surface area contributed by atoms with Gasteiger partial charge in [0.25, 0.3) is 0 Å². The van der Waals surface area contributed by atoms with Gasteiger partial charge in [0.2, 0.25) is 0 Å². The van der Waals surface area contributed by atoms with E-state index in [2.05, 4.69) is 28.8 Å². The highest BCUT2D eigenvalue weighted by Gasteiger charge is 2.11. The first-order valence-corrected chi connectivity index (χ1v) is 5.48. The van der Waals surface area contributed by atoms with Gasteiger partial charge < -0.3 is 4.98 Å². The Bertz CT molecular complexity index is 652. The summed E-state index contributed by atoms with van der Waals surface area (Å²) in [6, 6.07) is 6.01. The van der Waals surface area contributed by atoms with Crippen LogP contribution < -0.4 is 0 Å². The molecule has 0 bridgehead atoms. The Balaban J connectivity index is 2.49. The third-order valence-corrected chi connectivity index (χ3v) is 2.85. The number of fused-ring (bicyclic) bond motifs is 3. The second-order valence-electron chi connectivity index (χ2n) is 4.30. The lowest BCUT2D eigenvalue weighted by Gasteiger charge is -2.04. The van der Waals surface area contributed by atoms with Gasteiger partial charge in [-0.1, -0.05) is 13.8 Å². The van der Waals surface area contributed by atoms with Crippen molar-refractivity contribution in [3.8, 4) is 0 Å². The predicted molar refractivity (Wildman–Crippen MR) is 65.5 cm³/mol. The van der Waals surface area contributed by atoms with Crippen LogP contribution in [-0.4, -0.2) is 15.0 Å². The van der Waals surface area contributed by atoms with Crippen LogP contribution in [0.2, 0.25) is 0 Å². The third kappa shape index (κ3) is 1.21. The summed E-state index contributed by atoms with van der Waals surface area (Å²) >= 11 is 0. The third-order valence-electron chi connectivity index (χ3n) is 2.85. The van der Waals surface area contributed by atoms with Crippen molar-refractivity contribution < 1.29 is 0 Å². The van der Waals surface area contributed by atoms with Gasteiger partial charge in [0.05, 0.1) is 22.2 Å². The summed E-state index contributed by atoms with van der Waals surface area (Å²) in [5, 5.41) is 1.16. The predicted octanol–water partition coefficient (Wildman–Crippen LogP) is 3.23. The first-order chi connectivity index (χ1) is 7.77. The van der Waals surface area contributed by atoms with E-state index in [1.807, 2.05) is 30.6 Å². The number of nitrogens with one attached hydrogen (secondary N) is 1. The molecule has 3 nitrogen and oxygen atoms in total. The molecular formula is C13H13N3. The summed E-state index contributed by atoms with van der Waals surface area (Å²) in [6.07, 6.45) is 3.69. The number of rotatable bonds is 1. The van der Waals surface area contributed by atoms with Gasteiger partial charge in [-0.25, -0.2) is 0 Å². The molecule has 16 heavy (non-hydrogen) atoms. The lowest BCUT2D eigenvalue weighted by Crippen LogP contribution is -1.92. The van der Waals surface area contributed by atoms with E-state index < -0.39 is 0 Å². The van der Waals surface area contributed by atoms with Crippen LogP contribution in [0.3, 0.4) is 0 Å². The van der Waals surface area contributed by atoms with Crippen LogP contribution in [0, 0.1) is 0 Å². The first kappa shape index (κ1) is 9.33. The smallest absolute Gasteiger partial charge is 0.0958 e. The van der Waals surface area contributed by atoms with E-state index in [-0.39, 0.29) is 0 Å². The lowest BCUT2D eigenvalue weighted by atomic mass is 10.1. The van der Waals surface area contributed by atoms with Crippen molar-refractivity contribution in [3.63, 3.8) is 0 Å². The zero-order valence-electron chi connectivity index (χ0n) is 9.36. The first-order valence-electron chi connectivity index (χ1n) is 5.48. The Hall–Kier alpha value is -1.90. The molecule has 0 fully saturated rings. The molecule has 0 aliphatic rings. The number of pyridine rings is 2. The highest BCUT2D eigenvalue weighted by molar-refractivity contribution is 6.05. The van der Waals surface area contributed by atoms with E-state index >= 15 is 0 Å². The van der Waals surface area contributed by atoms with E-state index in [4.69, 9.17) is 0 Å². The lowest BCUT2D eigenvalue weighted by molar-refractivity contribution is 0.832. The molecule has 0 atom stereocenters. The zero-order valence-corrected chi connectivity index (χ0v) is 9.36. The maximum Gasteiger partial charge on any atom is 0.0958 e. The van der Waals surface area contributed by atoms with Crippen LogP contribution in [0.1, 0.15) is 25.5 Å². The van der Waals surface area contributed by atoms with Crippen LogP contribution >= 0.6 is 0 Å². The average molecular weight is 211 g/mol. The van der Waals surface area contributed by atoms with E-state index in [1.54, 1.807) is 0 Å². The second-order valence-corrected chi connectivity index (χ2v) is 4.30. The molecular weight excluding hydrogens is 198 g/mol. The molecule has 0 aromatic carbocycles. The standard InChI is InChI=1S/C13H13N3/c1-8(2)11-13-9(5-7-15-11)12-10(16-13)4-3-6-14-12/h3-8,16H,1-2H3. The normalized spacial score (nSPS) is 11.7. The zero-order chi connectivity index (χ0) is 11.1. The molecule has 0 saturated heterocycles. The largest absolute Gasteiger partial charge is 0.352 e. The SMILES string of the molecule is CC(C)c1nccc2c1[nH]c1cccnc12. The van der Waals surface area contributed by atoms with Gasteiger partial charge in [0.15, 0.2) is 0 Å². The molecule has 80 valence electrons. The minimum atomic E-state index is 0.414. The summed E-state index contributed by atoms with van der Waals surface area (Å²) < 4.78 is 0. The van der Waals surface area contributed by atoms with Crippen molar-refractivity contribution in [2.75, 3.05) is 0 Å². The van der Waals surface area contributed by atoms with Gasteiger partial charge in [-0.15, -0.1) is 0 Å². The average Bonchev–Trinajstić information content (AvgIpc) is 2.67. The Kier molecular flexibility index (Phi) is 1.93. The number of hydrogen-bond acceptors (Lipinski definition) is 2. The summed E-state index contributed by atoms with van der Waals surface area (Å²) in [4.78, 5) is 12.3. The van der Waals surface area contributed by atoms with Crippen LogP contribution in [0.25, 0.3) is 21.9 Å². The Morgan fingerprint density at radius 3 is 2.81 bits per heavy atom. The minimum absolute atomic E-state index is 0.414. The molecule has 0 spiro atoms. The quantitative estimate of drug-likeness (QED) is 0.671. The van der Waals surface area contributed by atoms with Gasteiger partial charge in [-0.3, -0.25) is 9.97 Å². The molecule has 3 rings (SSSR count). The monoisotopic (exact) mass is 211 g/mol. The van der Waals surface area contributed by atoms with Crippen LogP contribution in [0.4, 0.5) is 0 Å². The second kappa shape index (κ2) is 3.30. The topological polar surface area (TPSA) is 41.6 Å². The van der Waals surface area contributed by atoms with Crippen LogP contribution in [-0.2, 0) is 0 Å². The Morgan fingerprint density at radius 2 is 2.00 bits per heavy atom. The Morgan fingerprint density at radius 1 is 1.12 bits per heavy atom. The maximum atomic E-state index is 4.44. The maximum absolute atomic E-state index is 4.44. The highest BCUT2D eigenvalue weighted by atomic mass is 14.8. The number of aromatic nitrogens is 3. The van der Waals surface area contributed by atoms with E-state index in [0.29, 0.717) is 5.92 Å². The number of H-pyrrole nitrogens is 1. The highest BCUT2D eigenvalue weighted by Crippen LogP contribution is 2.27. The van der Waals surface area contributed by atoms with E-state index in [9.17, 15) is 0 Å². The fraction of sp³-hybridized carbons (Fsp3) is 0.231. The summed E-state index contributed by atoms with van der Waals surface area (Å²) in [7, 11) is 0. The molecule has 0 aliphatic carbocycles.